The van der Waals surface area contributed by atoms with Crippen LogP contribution in [0.5, 0.6) is 0 Å². The lowest BCUT2D eigenvalue weighted by Crippen LogP contribution is -2.27. The van der Waals surface area contributed by atoms with Crippen molar-refractivity contribution in [3.05, 3.63) is 51.2 Å². The topological polar surface area (TPSA) is 29.1 Å². The first-order valence-electron chi connectivity index (χ1n) is 9.03. The fourth-order valence-electron chi connectivity index (χ4n) is 3.54. The Morgan fingerprint density at radius 2 is 1.63 bits per heavy atom. The van der Waals surface area contributed by atoms with Gasteiger partial charge in [0, 0.05) is 16.6 Å². The molecule has 0 bridgehead atoms. The molecular weight excluding hydrogens is 351 g/mol. The van der Waals surface area contributed by atoms with Gasteiger partial charge in [-0.2, -0.15) is 13.2 Å². The molecule has 0 amide bonds. The van der Waals surface area contributed by atoms with E-state index < -0.39 is 22.7 Å². The summed E-state index contributed by atoms with van der Waals surface area (Å²) in [6.45, 7) is 11.7. The van der Waals surface area contributed by atoms with E-state index in [1.54, 1.807) is 6.07 Å². The first-order chi connectivity index (χ1) is 12.3. The lowest BCUT2D eigenvalue weighted by molar-refractivity contribution is -0.138. The average molecular weight is 375 g/mol. The maximum absolute atomic E-state index is 13.5. The van der Waals surface area contributed by atoms with Gasteiger partial charge in [0.05, 0.1) is 5.39 Å². The van der Waals surface area contributed by atoms with E-state index in [-0.39, 0.29) is 11.3 Å². The third kappa shape index (κ3) is 3.35. The van der Waals surface area contributed by atoms with Gasteiger partial charge in [-0.1, -0.05) is 32.0 Å². The molecule has 0 aromatic heterocycles. The predicted molar refractivity (Wildman–Crippen MR) is 106 cm³/mol. The van der Waals surface area contributed by atoms with Gasteiger partial charge in [0.2, 0.25) is 5.43 Å². The largest absolute Gasteiger partial charge is 0.420 e. The van der Waals surface area contributed by atoms with Crippen LogP contribution in [0.1, 0.15) is 57.2 Å². The van der Waals surface area contributed by atoms with Gasteiger partial charge < -0.3 is 5.32 Å². The highest BCUT2D eigenvalue weighted by atomic mass is 19.4. The molecule has 3 aromatic carbocycles. The van der Waals surface area contributed by atoms with Crippen molar-refractivity contribution in [2.45, 2.75) is 59.2 Å². The molecule has 0 saturated heterocycles. The Kier molecular flexibility index (Phi) is 4.41. The van der Waals surface area contributed by atoms with Gasteiger partial charge in [0.1, 0.15) is 5.56 Å². The Labute approximate surface area is 156 Å². The van der Waals surface area contributed by atoms with Crippen molar-refractivity contribution >= 4 is 27.2 Å². The van der Waals surface area contributed by atoms with Crippen LogP contribution in [0.15, 0.2) is 29.1 Å². The molecule has 0 atom stereocenters. The standard InChI is InChI=1S/C22H24F3NO/c1-11(2)13-7-8-14-10-16(22(23,24)25)20(27)18-17(14)15(9-13)12(3)19(18)26-21(4,5)6/h7-11,26H,1-6H3. The number of benzene rings is 1. The summed E-state index contributed by atoms with van der Waals surface area (Å²) in [7, 11) is 0. The second-order valence-electron chi connectivity index (χ2n) is 8.51. The fraction of sp³-hybridized carbons (Fsp3) is 0.409. The fourth-order valence-corrected chi connectivity index (χ4v) is 3.54. The monoisotopic (exact) mass is 375 g/mol. The Hall–Kier alpha value is -2.30. The molecule has 27 heavy (non-hydrogen) atoms. The second kappa shape index (κ2) is 6.11. The number of halogens is 3. The van der Waals surface area contributed by atoms with Crippen LogP contribution < -0.4 is 10.7 Å². The number of alkyl halides is 3. The zero-order chi connectivity index (χ0) is 20.3. The molecule has 0 unspecified atom stereocenters. The first kappa shape index (κ1) is 19.5. The number of rotatable bonds is 2. The lowest BCUT2D eigenvalue weighted by Gasteiger charge is -2.23. The van der Waals surface area contributed by atoms with E-state index in [1.165, 1.54) is 0 Å². The molecule has 0 spiro atoms. The zero-order valence-corrected chi connectivity index (χ0v) is 16.4. The second-order valence-corrected chi connectivity index (χ2v) is 8.51. The molecule has 0 aliphatic carbocycles. The number of anilines is 1. The maximum atomic E-state index is 13.5. The Balaban J connectivity index is 2.59. The minimum Gasteiger partial charge on any atom is -0.380 e. The molecule has 0 fully saturated rings. The quantitative estimate of drug-likeness (QED) is 0.557. The smallest absolute Gasteiger partial charge is 0.380 e. The summed E-state index contributed by atoms with van der Waals surface area (Å²) in [6, 6.07) is 6.53. The zero-order valence-electron chi connectivity index (χ0n) is 16.4. The molecule has 144 valence electrons. The van der Waals surface area contributed by atoms with Crippen LogP contribution in [0.25, 0.3) is 21.5 Å². The molecule has 0 aliphatic rings. The van der Waals surface area contributed by atoms with Crippen LogP contribution in [0.4, 0.5) is 18.9 Å². The summed E-state index contributed by atoms with van der Waals surface area (Å²) in [5.74, 6) is 0.216. The Morgan fingerprint density at radius 1 is 1.00 bits per heavy atom. The van der Waals surface area contributed by atoms with Crippen molar-refractivity contribution in [1.29, 1.82) is 0 Å². The highest BCUT2D eigenvalue weighted by Crippen LogP contribution is 2.41. The lowest BCUT2D eigenvalue weighted by atomic mass is 10.0. The van der Waals surface area contributed by atoms with E-state index in [9.17, 15) is 18.0 Å². The van der Waals surface area contributed by atoms with Gasteiger partial charge in [-0.25, -0.2) is 0 Å². The summed E-state index contributed by atoms with van der Waals surface area (Å²) < 4.78 is 40.6. The average Bonchev–Trinajstić information content (AvgIpc) is 2.67. The summed E-state index contributed by atoms with van der Waals surface area (Å²) in [6.07, 6.45) is -4.69. The first-order valence-corrected chi connectivity index (χ1v) is 9.03. The van der Waals surface area contributed by atoms with Crippen molar-refractivity contribution in [2.75, 3.05) is 5.32 Å². The van der Waals surface area contributed by atoms with E-state index in [0.29, 0.717) is 16.5 Å². The van der Waals surface area contributed by atoms with E-state index >= 15 is 0 Å². The normalized spacial score (nSPS) is 13.1. The minimum absolute atomic E-state index is 0.133. The summed E-state index contributed by atoms with van der Waals surface area (Å²) in [4.78, 5) is 12.9. The number of aryl methyl sites for hydroxylation is 1. The third-order valence-electron chi connectivity index (χ3n) is 4.85. The van der Waals surface area contributed by atoms with Gasteiger partial charge in [-0.05, 0) is 61.6 Å². The Bertz CT molecular complexity index is 1080. The molecule has 0 aliphatic heterocycles. The van der Waals surface area contributed by atoms with Crippen LogP contribution >= 0.6 is 0 Å². The maximum Gasteiger partial charge on any atom is 0.420 e. The Morgan fingerprint density at radius 3 is 2.15 bits per heavy atom. The van der Waals surface area contributed by atoms with E-state index in [1.807, 2.05) is 53.7 Å². The van der Waals surface area contributed by atoms with E-state index in [0.717, 1.165) is 22.6 Å². The van der Waals surface area contributed by atoms with Crippen LogP contribution in [-0.4, -0.2) is 5.54 Å². The molecule has 1 N–H and O–H groups in total. The summed E-state index contributed by atoms with van der Waals surface area (Å²) >= 11 is 0. The number of hydrogen-bond acceptors (Lipinski definition) is 2. The molecule has 3 rings (SSSR count). The van der Waals surface area contributed by atoms with Crippen LogP contribution in [-0.2, 0) is 6.18 Å². The van der Waals surface area contributed by atoms with Gasteiger partial charge in [0.15, 0.2) is 0 Å². The van der Waals surface area contributed by atoms with Gasteiger partial charge in [-0.3, -0.25) is 4.79 Å². The molecule has 3 aromatic rings. The molecule has 5 heteroatoms. The van der Waals surface area contributed by atoms with E-state index in [2.05, 4.69) is 5.32 Å². The number of nitrogens with one attached hydrogen (secondary N) is 1. The van der Waals surface area contributed by atoms with Gasteiger partial charge in [-0.15, -0.1) is 0 Å². The molecule has 2 nitrogen and oxygen atoms in total. The van der Waals surface area contributed by atoms with Gasteiger partial charge >= 0.3 is 6.18 Å². The summed E-state index contributed by atoms with van der Waals surface area (Å²) in [5.41, 5.74) is -0.147. The van der Waals surface area contributed by atoms with E-state index in [4.69, 9.17) is 0 Å². The van der Waals surface area contributed by atoms with Crippen molar-refractivity contribution in [3.63, 3.8) is 0 Å². The van der Waals surface area contributed by atoms with Crippen molar-refractivity contribution in [2.24, 2.45) is 0 Å². The van der Waals surface area contributed by atoms with Crippen LogP contribution in [0, 0.1) is 6.92 Å². The van der Waals surface area contributed by atoms with Gasteiger partial charge in [0.25, 0.3) is 0 Å². The third-order valence-corrected chi connectivity index (χ3v) is 4.85. The highest BCUT2D eigenvalue weighted by Gasteiger charge is 2.36. The van der Waals surface area contributed by atoms with Crippen molar-refractivity contribution < 1.29 is 13.2 Å². The number of hydrogen-bond donors (Lipinski definition) is 1. The molecular formula is C22H24F3NO. The highest BCUT2D eigenvalue weighted by molar-refractivity contribution is 6.19. The summed E-state index contributed by atoms with van der Waals surface area (Å²) in [5, 5.41) is 5.26. The van der Waals surface area contributed by atoms with Crippen molar-refractivity contribution in [1.82, 2.24) is 0 Å². The molecule has 0 radical (unpaired) electrons. The van der Waals surface area contributed by atoms with Crippen LogP contribution in [0.2, 0.25) is 0 Å². The molecule has 0 heterocycles. The minimum atomic E-state index is -4.69. The SMILES string of the molecule is Cc1c(NC(C)(C)C)c2c(=O)c(C(F)(F)F)cc3ccc(C(C)C)cc1c32. The molecule has 0 saturated carbocycles. The predicted octanol–water partition coefficient (Wildman–Crippen LogP) is 6.45. The van der Waals surface area contributed by atoms with Crippen molar-refractivity contribution in [3.8, 4) is 0 Å². The van der Waals surface area contributed by atoms with Crippen LogP contribution in [0.3, 0.4) is 0 Å².